The third-order valence-electron chi connectivity index (χ3n) is 4.48. The Balaban J connectivity index is 1.61. The molecule has 0 radical (unpaired) electrons. The van der Waals surface area contributed by atoms with E-state index in [1.54, 1.807) is 10.8 Å². The lowest BCUT2D eigenvalue weighted by molar-refractivity contribution is 0.0942. The number of amides is 1. The number of H-pyrrole nitrogens is 1. The zero-order valence-electron chi connectivity index (χ0n) is 14.8. The van der Waals surface area contributed by atoms with E-state index >= 15 is 0 Å². The summed E-state index contributed by atoms with van der Waals surface area (Å²) in [5.41, 5.74) is 3.30. The third kappa shape index (κ3) is 3.17. The maximum absolute atomic E-state index is 12.8. The van der Waals surface area contributed by atoms with Crippen LogP contribution in [0.2, 0.25) is 0 Å². The summed E-state index contributed by atoms with van der Waals surface area (Å²) in [6, 6.07) is 17.5. The van der Waals surface area contributed by atoms with E-state index in [1.807, 2.05) is 54.6 Å². The summed E-state index contributed by atoms with van der Waals surface area (Å²) in [7, 11) is 0. The van der Waals surface area contributed by atoms with Crippen molar-refractivity contribution in [3.05, 3.63) is 77.1 Å². The molecule has 136 valence electrons. The SMILES string of the molecule is CCn1c(CNC(=O)c2c[nH]c(=S)n2-c2ccccc2)nc2ccccc21. The number of aromatic amines is 1. The summed E-state index contributed by atoms with van der Waals surface area (Å²) in [6.45, 7) is 3.20. The molecule has 0 spiro atoms. The van der Waals surface area contributed by atoms with Crippen LogP contribution in [0.1, 0.15) is 23.2 Å². The lowest BCUT2D eigenvalue weighted by Crippen LogP contribution is -2.26. The number of aromatic nitrogens is 4. The van der Waals surface area contributed by atoms with Crippen LogP contribution >= 0.6 is 12.2 Å². The molecule has 2 aromatic carbocycles. The molecule has 0 saturated heterocycles. The fourth-order valence-electron chi connectivity index (χ4n) is 3.23. The summed E-state index contributed by atoms with van der Waals surface area (Å²) in [5, 5.41) is 2.97. The van der Waals surface area contributed by atoms with Crippen molar-refractivity contribution in [2.24, 2.45) is 0 Å². The average molecular weight is 377 g/mol. The van der Waals surface area contributed by atoms with Gasteiger partial charge in [0.05, 0.1) is 17.6 Å². The molecule has 7 heteroatoms. The molecule has 0 atom stereocenters. The number of nitrogens with one attached hydrogen (secondary N) is 2. The number of fused-ring (bicyclic) bond motifs is 1. The van der Waals surface area contributed by atoms with Crippen molar-refractivity contribution in [2.45, 2.75) is 20.0 Å². The van der Waals surface area contributed by atoms with Crippen LogP contribution < -0.4 is 5.32 Å². The Bertz CT molecular complexity index is 1160. The summed E-state index contributed by atoms with van der Waals surface area (Å²) in [6.07, 6.45) is 1.63. The molecule has 1 amide bonds. The Morgan fingerprint density at radius 1 is 1.15 bits per heavy atom. The van der Waals surface area contributed by atoms with Crippen molar-refractivity contribution in [2.75, 3.05) is 0 Å². The van der Waals surface area contributed by atoms with Crippen LogP contribution in [0.5, 0.6) is 0 Å². The molecule has 2 aromatic heterocycles. The number of rotatable bonds is 5. The van der Waals surface area contributed by atoms with Gasteiger partial charge in [0.1, 0.15) is 11.5 Å². The van der Waals surface area contributed by atoms with Gasteiger partial charge < -0.3 is 14.9 Å². The summed E-state index contributed by atoms with van der Waals surface area (Å²) >= 11 is 5.35. The highest BCUT2D eigenvalue weighted by Crippen LogP contribution is 2.16. The third-order valence-corrected chi connectivity index (χ3v) is 4.78. The standard InChI is InChI=1S/C20H19N5OS/c1-2-24-16-11-7-6-10-15(16)23-18(24)13-21-19(26)17-12-22-20(27)25(17)14-8-4-3-5-9-14/h3-12H,2,13H2,1H3,(H,21,26)(H,22,27). The Hall–Kier alpha value is -3.19. The smallest absolute Gasteiger partial charge is 0.270 e. The number of hydrogen-bond acceptors (Lipinski definition) is 3. The van der Waals surface area contributed by atoms with Gasteiger partial charge in [0, 0.05) is 18.4 Å². The lowest BCUT2D eigenvalue weighted by atomic mass is 10.3. The van der Waals surface area contributed by atoms with E-state index in [0.717, 1.165) is 29.1 Å². The van der Waals surface area contributed by atoms with E-state index in [9.17, 15) is 4.79 Å². The first-order valence-electron chi connectivity index (χ1n) is 8.77. The highest BCUT2D eigenvalue weighted by molar-refractivity contribution is 7.71. The number of carbonyl (C=O) groups excluding carboxylic acids is 1. The van der Waals surface area contributed by atoms with Gasteiger partial charge in [0.15, 0.2) is 4.77 Å². The molecule has 0 unspecified atom stereocenters. The van der Waals surface area contributed by atoms with Gasteiger partial charge in [-0.05, 0) is 43.4 Å². The Kier molecular flexibility index (Phi) is 4.60. The molecule has 0 aliphatic carbocycles. The summed E-state index contributed by atoms with van der Waals surface area (Å²) in [4.78, 5) is 20.4. The van der Waals surface area contributed by atoms with Gasteiger partial charge in [-0.1, -0.05) is 30.3 Å². The van der Waals surface area contributed by atoms with Crippen molar-refractivity contribution < 1.29 is 4.79 Å². The summed E-state index contributed by atoms with van der Waals surface area (Å²) in [5.74, 6) is 0.619. The van der Waals surface area contributed by atoms with Gasteiger partial charge in [0.25, 0.3) is 5.91 Å². The molecule has 0 aliphatic rings. The number of aryl methyl sites for hydroxylation is 1. The second-order valence-corrected chi connectivity index (χ2v) is 6.48. The molecule has 0 saturated carbocycles. The molecule has 2 N–H and O–H groups in total. The Labute approximate surface area is 161 Å². The van der Waals surface area contributed by atoms with Crippen molar-refractivity contribution in [1.29, 1.82) is 0 Å². The topological polar surface area (TPSA) is 67.6 Å². The minimum atomic E-state index is -0.207. The van der Waals surface area contributed by atoms with Gasteiger partial charge >= 0.3 is 0 Å². The van der Waals surface area contributed by atoms with Crippen LogP contribution in [-0.4, -0.2) is 25.0 Å². The van der Waals surface area contributed by atoms with Crippen LogP contribution in [0.25, 0.3) is 16.7 Å². The zero-order valence-corrected chi connectivity index (χ0v) is 15.7. The molecule has 4 aromatic rings. The van der Waals surface area contributed by atoms with Gasteiger partial charge in [-0.15, -0.1) is 0 Å². The molecule has 6 nitrogen and oxygen atoms in total. The number of hydrogen-bond donors (Lipinski definition) is 2. The van der Waals surface area contributed by atoms with Crippen LogP contribution in [0.4, 0.5) is 0 Å². The van der Waals surface area contributed by atoms with Crippen LogP contribution in [0, 0.1) is 4.77 Å². The largest absolute Gasteiger partial charge is 0.343 e. The van der Waals surface area contributed by atoms with Crippen LogP contribution in [0.3, 0.4) is 0 Å². The molecule has 0 fully saturated rings. The second kappa shape index (κ2) is 7.20. The first-order valence-corrected chi connectivity index (χ1v) is 9.18. The lowest BCUT2D eigenvalue weighted by Gasteiger charge is -2.10. The average Bonchev–Trinajstić information content (AvgIpc) is 3.26. The van der Waals surface area contributed by atoms with Gasteiger partial charge in [-0.25, -0.2) is 4.98 Å². The maximum Gasteiger partial charge on any atom is 0.270 e. The number of imidazole rings is 2. The Morgan fingerprint density at radius 2 is 1.89 bits per heavy atom. The van der Waals surface area contributed by atoms with E-state index < -0.39 is 0 Å². The fraction of sp³-hybridized carbons (Fsp3) is 0.150. The van der Waals surface area contributed by atoms with Gasteiger partial charge in [-0.2, -0.15) is 0 Å². The zero-order chi connectivity index (χ0) is 18.8. The van der Waals surface area contributed by atoms with Crippen molar-refractivity contribution >= 4 is 29.2 Å². The van der Waals surface area contributed by atoms with E-state index in [1.165, 1.54) is 0 Å². The van der Waals surface area contributed by atoms with Gasteiger partial charge in [0.2, 0.25) is 0 Å². The molecule has 0 bridgehead atoms. The first-order chi connectivity index (χ1) is 13.2. The maximum atomic E-state index is 12.8. The molecule has 0 aliphatic heterocycles. The minimum absolute atomic E-state index is 0.207. The molecular weight excluding hydrogens is 358 g/mol. The number of nitrogens with zero attached hydrogens (tertiary/aromatic N) is 3. The molecular formula is C20H19N5OS. The Morgan fingerprint density at radius 3 is 2.67 bits per heavy atom. The predicted octanol–water partition coefficient (Wildman–Crippen LogP) is 3.83. The second-order valence-electron chi connectivity index (χ2n) is 6.09. The van der Waals surface area contributed by atoms with Crippen molar-refractivity contribution in [1.82, 2.24) is 24.4 Å². The van der Waals surface area contributed by atoms with Crippen molar-refractivity contribution in [3.63, 3.8) is 0 Å². The van der Waals surface area contributed by atoms with E-state index in [4.69, 9.17) is 12.2 Å². The number of para-hydroxylation sites is 3. The number of benzene rings is 2. The van der Waals surface area contributed by atoms with E-state index in [-0.39, 0.29) is 5.91 Å². The first kappa shape index (κ1) is 17.2. The molecule has 4 rings (SSSR count). The van der Waals surface area contributed by atoms with E-state index in [0.29, 0.717) is 17.0 Å². The normalized spacial score (nSPS) is 11.0. The van der Waals surface area contributed by atoms with E-state index in [2.05, 4.69) is 26.8 Å². The highest BCUT2D eigenvalue weighted by atomic mass is 32.1. The van der Waals surface area contributed by atoms with Crippen LogP contribution in [-0.2, 0) is 13.1 Å². The molecule has 2 heterocycles. The summed E-state index contributed by atoms with van der Waals surface area (Å²) < 4.78 is 4.32. The quantitative estimate of drug-likeness (QED) is 0.519. The number of carbonyl (C=O) groups is 1. The van der Waals surface area contributed by atoms with Crippen LogP contribution in [0.15, 0.2) is 60.8 Å². The van der Waals surface area contributed by atoms with Gasteiger partial charge in [-0.3, -0.25) is 9.36 Å². The predicted molar refractivity (Wildman–Crippen MR) is 108 cm³/mol. The monoisotopic (exact) mass is 377 g/mol. The van der Waals surface area contributed by atoms with Crippen molar-refractivity contribution in [3.8, 4) is 5.69 Å². The molecule has 27 heavy (non-hydrogen) atoms. The highest BCUT2D eigenvalue weighted by Gasteiger charge is 2.16. The fourth-order valence-corrected chi connectivity index (χ4v) is 3.49. The minimum Gasteiger partial charge on any atom is -0.343 e.